The van der Waals surface area contributed by atoms with Gasteiger partial charge in [0.1, 0.15) is 11.0 Å². The first-order chi connectivity index (χ1) is 12.6. The molecule has 0 saturated heterocycles. The van der Waals surface area contributed by atoms with E-state index in [2.05, 4.69) is 4.72 Å². The zero-order chi connectivity index (χ0) is 18.4. The lowest BCUT2D eigenvalue weighted by Gasteiger charge is -2.08. The van der Waals surface area contributed by atoms with Crippen LogP contribution in [0.15, 0.2) is 89.8 Å². The van der Waals surface area contributed by atoms with Crippen LogP contribution in [0.3, 0.4) is 0 Å². The Morgan fingerprint density at radius 1 is 0.846 bits per heavy atom. The topological polar surface area (TPSA) is 66.4 Å². The smallest absolute Gasteiger partial charge is 0.328 e. The second kappa shape index (κ2) is 8.27. The van der Waals surface area contributed by atoms with Gasteiger partial charge in [0.05, 0.1) is 4.90 Å². The van der Waals surface area contributed by atoms with E-state index in [0.29, 0.717) is 4.90 Å². The van der Waals surface area contributed by atoms with E-state index in [0.717, 1.165) is 28.5 Å². The lowest BCUT2D eigenvalue weighted by molar-refractivity contribution is -0.131. The molecule has 130 valence electrons. The molecule has 0 fully saturated rings. The summed E-state index contributed by atoms with van der Waals surface area (Å²) in [6, 6.07) is 24.7. The Morgan fingerprint density at radius 3 is 2.08 bits per heavy atom. The van der Waals surface area contributed by atoms with Gasteiger partial charge in [-0.3, -0.25) is 0 Å². The Hall–Kier alpha value is -3.18. The lowest BCUT2D eigenvalue weighted by Crippen LogP contribution is -2.04. The normalized spacial score (nSPS) is 12.0. The fourth-order valence-corrected chi connectivity index (χ4v) is 3.25. The molecule has 4 nitrogen and oxygen atoms in total. The van der Waals surface area contributed by atoms with Crippen LogP contribution < -0.4 is 4.72 Å². The number of hydrogen-bond acceptors (Lipinski definition) is 2. The Morgan fingerprint density at radius 2 is 1.46 bits per heavy atom. The predicted molar refractivity (Wildman–Crippen MR) is 105 cm³/mol. The Bertz CT molecular complexity index is 933. The molecule has 3 aromatic carbocycles. The molecular weight excluding hydrogens is 346 g/mol. The molecule has 26 heavy (non-hydrogen) atoms. The third-order valence-electron chi connectivity index (χ3n) is 3.72. The van der Waals surface area contributed by atoms with Crippen LogP contribution in [0.25, 0.3) is 17.2 Å². The first kappa shape index (κ1) is 17.6. The fourth-order valence-electron chi connectivity index (χ4n) is 2.40. The van der Waals surface area contributed by atoms with E-state index < -0.39 is 17.0 Å². The molecule has 0 aromatic heterocycles. The minimum atomic E-state index is -1.40. The van der Waals surface area contributed by atoms with Gasteiger partial charge in [0.25, 0.3) is 0 Å². The SMILES string of the molecule is O=C(O)/C=C/c1ccc(S(=O)Nc2ccc(-c3ccccc3)cc2)cc1. The maximum Gasteiger partial charge on any atom is 0.328 e. The fraction of sp³-hybridized carbons (Fsp3) is 0. The van der Waals surface area contributed by atoms with Crippen molar-refractivity contribution in [1.29, 1.82) is 0 Å². The summed E-state index contributed by atoms with van der Waals surface area (Å²) in [5.74, 6) is -1.00. The summed E-state index contributed by atoms with van der Waals surface area (Å²) in [5.41, 5.74) is 3.72. The van der Waals surface area contributed by atoms with Crippen LogP contribution in [0.4, 0.5) is 5.69 Å². The first-order valence-electron chi connectivity index (χ1n) is 7.97. The van der Waals surface area contributed by atoms with Crippen molar-refractivity contribution < 1.29 is 14.1 Å². The zero-order valence-corrected chi connectivity index (χ0v) is 14.6. The number of anilines is 1. The molecule has 3 rings (SSSR count). The molecule has 0 aliphatic rings. The maximum atomic E-state index is 12.4. The van der Waals surface area contributed by atoms with Crippen molar-refractivity contribution in [2.75, 3.05) is 4.72 Å². The Kier molecular flexibility index (Phi) is 5.61. The van der Waals surface area contributed by atoms with E-state index in [-0.39, 0.29) is 0 Å². The molecular formula is C21H17NO3S. The molecule has 0 aliphatic heterocycles. The number of carboxylic acid groups (broad SMARTS) is 1. The molecule has 0 aliphatic carbocycles. The largest absolute Gasteiger partial charge is 0.478 e. The first-order valence-corrected chi connectivity index (χ1v) is 9.12. The molecule has 3 aromatic rings. The van der Waals surface area contributed by atoms with Gasteiger partial charge in [-0.25, -0.2) is 9.00 Å². The van der Waals surface area contributed by atoms with Gasteiger partial charge in [-0.1, -0.05) is 54.6 Å². The molecule has 0 bridgehead atoms. The highest BCUT2D eigenvalue weighted by Gasteiger charge is 2.05. The number of rotatable bonds is 6. The third-order valence-corrected chi connectivity index (χ3v) is 4.84. The predicted octanol–water partition coefficient (Wildman–Crippen LogP) is 4.59. The van der Waals surface area contributed by atoms with E-state index >= 15 is 0 Å². The van der Waals surface area contributed by atoms with Gasteiger partial charge in [0.2, 0.25) is 0 Å². The summed E-state index contributed by atoms with van der Waals surface area (Å²) >= 11 is 0. The van der Waals surface area contributed by atoms with Crippen molar-refractivity contribution >= 4 is 28.7 Å². The monoisotopic (exact) mass is 363 g/mol. The van der Waals surface area contributed by atoms with E-state index in [9.17, 15) is 9.00 Å². The van der Waals surface area contributed by atoms with Crippen LogP contribution in [0.2, 0.25) is 0 Å². The minimum absolute atomic E-state index is 0.615. The molecule has 2 N–H and O–H groups in total. The number of carbonyl (C=O) groups is 1. The van der Waals surface area contributed by atoms with Crippen LogP contribution in [-0.2, 0) is 15.8 Å². The molecule has 0 heterocycles. The van der Waals surface area contributed by atoms with E-state index in [4.69, 9.17) is 5.11 Å². The zero-order valence-electron chi connectivity index (χ0n) is 13.8. The van der Waals surface area contributed by atoms with Gasteiger partial charge in [-0.2, -0.15) is 0 Å². The summed E-state index contributed by atoms with van der Waals surface area (Å²) in [6.07, 6.45) is 2.56. The minimum Gasteiger partial charge on any atom is -0.478 e. The van der Waals surface area contributed by atoms with Gasteiger partial charge in [0, 0.05) is 11.8 Å². The van der Waals surface area contributed by atoms with Crippen LogP contribution in [0.5, 0.6) is 0 Å². The van der Waals surface area contributed by atoms with Gasteiger partial charge in [0.15, 0.2) is 0 Å². The lowest BCUT2D eigenvalue weighted by atomic mass is 10.1. The number of carboxylic acids is 1. The molecule has 0 spiro atoms. The number of nitrogens with one attached hydrogen (secondary N) is 1. The maximum absolute atomic E-state index is 12.4. The van der Waals surface area contributed by atoms with Gasteiger partial charge >= 0.3 is 5.97 Å². The van der Waals surface area contributed by atoms with Crippen molar-refractivity contribution in [3.8, 4) is 11.1 Å². The second-order valence-corrected chi connectivity index (χ2v) is 6.77. The van der Waals surface area contributed by atoms with E-state index in [1.165, 1.54) is 6.08 Å². The van der Waals surface area contributed by atoms with Crippen molar-refractivity contribution in [2.24, 2.45) is 0 Å². The molecule has 0 radical (unpaired) electrons. The summed E-state index contributed by atoms with van der Waals surface area (Å²) in [4.78, 5) is 11.1. The number of benzene rings is 3. The van der Waals surface area contributed by atoms with Crippen LogP contribution in [0, 0.1) is 0 Å². The van der Waals surface area contributed by atoms with Gasteiger partial charge in [-0.05, 0) is 47.0 Å². The third kappa shape index (κ3) is 4.68. The van der Waals surface area contributed by atoms with Crippen LogP contribution >= 0.6 is 0 Å². The number of aliphatic carboxylic acids is 1. The standard InChI is InChI=1S/C21H17NO3S/c23-21(24)15-8-16-6-13-20(14-7-16)26(25)22-19-11-9-18(10-12-19)17-4-2-1-3-5-17/h1-15,22H,(H,23,24)/b15-8+. The Labute approximate surface area is 154 Å². The van der Waals surface area contributed by atoms with E-state index in [1.54, 1.807) is 24.3 Å². The quantitative estimate of drug-likeness (QED) is 0.630. The molecule has 5 heteroatoms. The van der Waals surface area contributed by atoms with Crippen molar-refractivity contribution in [2.45, 2.75) is 4.90 Å². The summed E-state index contributed by atoms with van der Waals surface area (Å²) < 4.78 is 15.4. The van der Waals surface area contributed by atoms with Gasteiger partial charge < -0.3 is 9.83 Å². The van der Waals surface area contributed by atoms with Crippen molar-refractivity contribution in [3.63, 3.8) is 0 Å². The molecule has 0 amide bonds. The van der Waals surface area contributed by atoms with Crippen LogP contribution in [0.1, 0.15) is 5.56 Å². The summed E-state index contributed by atoms with van der Waals surface area (Å²) in [5, 5.41) is 8.63. The number of hydrogen-bond donors (Lipinski definition) is 2. The van der Waals surface area contributed by atoms with Crippen LogP contribution in [-0.4, -0.2) is 15.3 Å². The highest BCUT2D eigenvalue weighted by atomic mass is 32.2. The molecule has 0 saturated carbocycles. The Balaban J connectivity index is 1.67. The average Bonchev–Trinajstić information content (AvgIpc) is 2.68. The average molecular weight is 363 g/mol. The second-order valence-electron chi connectivity index (χ2n) is 5.55. The van der Waals surface area contributed by atoms with Crippen molar-refractivity contribution in [3.05, 3.63) is 90.5 Å². The summed E-state index contributed by atoms with van der Waals surface area (Å²) in [7, 11) is -1.40. The van der Waals surface area contributed by atoms with Crippen molar-refractivity contribution in [1.82, 2.24) is 0 Å². The van der Waals surface area contributed by atoms with E-state index in [1.807, 2.05) is 54.6 Å². The van der Waals surface area contributed by atoms with Gasteiger partial charge in [-0.15, -0.1) is 0 Å². The molecule has 1 unspecified atom stereocenters. The highest BCUT2D eigenvalue weighted by molar-refractivity contribution is 7.86. The summed E-state index contributed by atoms with van der Waals surface area (Å²) in [6.45, 7) is 0. The molecule has 1 atom stereocenters. The highest BCUT2D eigenvalue weighted by Crippen LogP contribution is 2.22.